The Morgan fingerprint density at radius 2 is 1.69 bits per heavy atom. The molecule has 1 atom stereocenters. The van der Waals surface area contributed by atoms with Gasteiger partial charge in [-0.2, -0.15) is 0 Å². The number of nitrogens with zero attached hydrogens (tertiary/aromatic N) is 1. The van der Waals surface area contributed by atoms with Gasteiger partial charge in [-0.15, -0.1) is 0 Å². The average molecular weight is 417 g/mol. The molecule has 0 saturated heterocycles. The van der Waals surface area contributed by atoms with Crippen LogP contribution in [0.1, 0.15) is 44.2 Å². The highest BCUT2D eigenvalue weighted by Gasteiger charge is 2.28. The molecule has 29 heavy (non-hydrogen) atoms. The standard InChI is InChI=1S/C23H29ClN2O3/c1-5-21(23(28)25-4)26(14-17-6-10-19(24)11-7-17)22(27)15-29-20-12-8-18(9-13-20)16(2)3/h6-13,16,21H,5,14-15H2,1-4H3,(H,25,28). The number of carbonyl (C=O) groups is 2. The van der Waals surface area contributed by atoms with Gasteiger partial charge in [-0.25, -0.2) is 0 Å². The summed E-state index contributed by atoms with van der Waals surface area (Å²) in [6, 6.07) is 14.4. The molecule has 0 aliphatic heterocycles. The number of amides is 2. The third-order valence-corrected chi connectivity index (χ3v) is 5.06. The zero-order chi connectivity index (χ0) is 21.4. The molecule has 0 saturated carbocycles. The van der Waals surface area contributed by atoms with E-state index in [0.29, 0.717) is 29.7 Å². The topological polar surface area (TPSA) is 58.6 Å². The number of halogens is 1. The van der Waals surface area contributed by atoms with Gasteiger partial charge in [0.1, 0.15) is 11.8 Å². The fourth-order valence-corrected chi connectivity index (χ4v) is 3.18. The number of benzene rings is 2. The second-order valence-corrected chi connectivity index (χ2v) is 7.64. The number of hydrogen-bond donors (Lipinski definition) is 1. The van der Waals surface area contributed by atoms with Crippen LogP contribution in [0, 0.1) is 0 Å². The highest BCUT2D eigenvalue weighted by molar-refractivity contribution is 6.30. The smallest absolute Gasteiger partial charge is 0.261 e. The summed E-state index contributed by atoms with van der Waals surface area (Å²) < 4.78 is 5.70. The van der Waals surface area contributed by atoms with E-state index in [2.05, 4.69) is 19.2 Å². The third-order valence-electron chi connectivity index (χ3n) is 4.81. The first kappa shape index (κ1) is 22.8. The van der Waals surface area contributed by atoms with Crippen LogP contribution < -0.4 is 10.1 Å². The van der Waals surface area contributed by atoms with E-state index in [0.717, 1.165) is 5.56 Å². The highest BCUT2D eigenvalue weighted by Crippen LogP contribution is 2.19. The lowest BCUT2D eigenvalue weighted by atomic mass is 10.0. The molecule has 156 valence electrons. The Morgan fingerprint density at radius 3 is 2.21 bits per heavy atom. The third kappa shape index (κ3) is 6.50. The van der Waals surface area contributed by atoms with Gasteiger partial charge in [0.25, 0.3) is 5.91 Å². The van der Waals surface area contributed by atoms with Gasteiger partial charge in [0.05, 0.1) is 0 Å². The van der Waals surface area contributed by atoms with Gasteiger partial charge in [0.15, 0.2) is 6.61 Å². The fourth-order valence-electron chi connectivity index (χ4n) is 3.05. The summed E-state index contributed by atoms with van der Waals surface area (Å²) >= 11 is 5.96. The van der Waals surface area contributed by atoms with Crippen molar-refractivity contribution in [1.82, 2.24) is 10.2 Å². The van der Waals surface area contributed by atoms with Crippen molar-refractivity contribution >= 4 is 23.4 Å². The molecule has 0 bridgehead atoms. The van der Waals surface area contributed by atoms with Crippen molar-refractivity contribution in [1.29, 1.82) is 0 Å². The molecule has 0 spiro atoms. The molecule has 2 aromatic carbocycles. The van der Waals surface area contributed by atoms with Gasteiger partial charge in [-0.05, 0) is 47.7 Å². The zero-order valence-electron chi connectivity index (χ0n) is 17.4. The predicted molar refractivity (Wildman–Crippen MR) is 116 cm³/mol. The number of hydrogen-bond acceptors (Lipinski definition) is 3. The molecule has 0 aliphatic carbocycles. The largest absolute Gasteiger partial charge is 0.484 e. The fraction of sp³-hybridized carbons (Fsp3) is 0.391. The van der Waals surface area contributed by atoms with Crippen molar-refractivity contribution < 1.29 is 14.3 Å². The molecule has 6 heteroatoms. The van der Waals surface area contributed by atoms with Gasteiger partial charge in [-0.1, -0.05) is 56.6 Å². The van der Waals surface area contributed by atoms with Crippen molar-refractivity contribution in [2.75, 3.05) is 13.7 Å². The Bertz CT molecular complexity index is 804. The first-order chi connectivity index (χ1) is 13.8. The molecule has 5 nitrogen and oxygen atoms in total. The number of nitrogens with one attached hydrogen (secondary N) is 1. The molecule has 0 radical (unpaired) electrons. The summed E-state index contributed by atoms with van der Waals surface area (Å²) in [6.07, 6.45) is 0.502. The summed E-state index contributed by atoms with van der Waals surface area (Å²) in [4.78, 5) is 26.9. The lowest BCUT2D eigenvalue weighted by Crippen LogP contribution is -2.49. The quantitative estimate of drug-likeness (QED) is 0.659. The minimum atomic E-state index is -0.574. The van der Waals surface area contributed by atoms with Crippen molar-refractivity contribution in [3.8, 4) is 5.75 Å². The van der Waals surface area contributed by atoms with Gasteiger partial charge in [0, 0.05) is 18.6 Å². The Labute approximate surface area is 178 Å². The first-order valence-corrected chi connectivity index (χ1v) is 10.2. The van der Waals surface area contributed by atoms with Gasteiger partial charge >= 0.3 is 0 Å². The lowest BCUT2D eigenvalue weighted by Gasteiger charge is -2.30. The van der Waals surface area contributed by atoms with Crippen LogP contribution in [0.25, 0.3) is 0 Å². The monoisotopic (exact) mass is 416 g/mol. The van der Waals surface area contributed by atoms with Gasteiger partial charge in [0.2, 0.25) is 5.91 Å². The van der Waals surface area contributed by atoms with E-state index in [-0.39, 0.29) is 18.4 Å². The normalized spacial score (nSPS) is 11.8. The minimum Gasteiger partial charge on any atom is -0.484 e. The summed E-state index contributed by atoms with van der Waals surface area (Å²) in [5.74, 6) is 0.611. The second kappa shape index (κ2) is 10.9. The number of likely N-dealkylation sites (N-methyl/N-ethyl adjacent to an activating group) is 1. The number of ether oxygens (including phenoxy) is 1. The molecule has 1 N–H and O–H groups in total. The van der Waals surface area contributed by atoms with E-state index in [1.54, 1.807) is 24.1 Å². The van der Waals surface area contributed by atoms with E-state index < -0.39 is 6.04 Å². The molecule has 0 heterocycles. The van der Waals surface area contributed by atoms with Crippen LogP contribution in [0.3, 0.4) is 0 Å². The van der Waals surface area contributed by atoms with Crippen LogP contribution in [-0.2, 0) is 16.1 Å². The summed E-state index contributed by atoms with van der Waals surface area (Å²) in [5.41, 5.74) is 2.10. The molecule has 2 rings (SSSR count). The number of rotatable bonds is 9. The van der Waals surface area contributed by atoms with E-state index in [9.17, 15) is 9.59 Å². The zero-order valence-corrected chi connectivity index (χ0v) is 18.2. The number of carbonyl (C=O) groups excluding carboxylic acids is 2. The molecule has 0 fully saturated rings. The van der Waals surface area contributed by atoms with E-state index in [4.69, 9.17) is 16.3 Å². The van der Waals surface area contributed by atoms with Crippen molar-refractivity contribution in [2.45, 2.75) is 45.7 Å². The maximum absolute atomic E-state index is 13.0. The Hall–Kier alpha value is -2.53. The Balaban J connectivity index is 2.14. The van der Waals surface area contributed by atoms with Crippen LogP contribution >= 0.6 is 11.6 Å². The maximum Gasteiger partial charge on any atom is 0.261 e. The Morgan fingerprint density at radius 1 is 1.07 bits per heavy atom. The lowest BCUT2D eigenvalue weighted by molar-refractivity contribution is -0.142. The van der Waals surface area contributed by atoms with Gasteiger partial charge < -0.3 is 15.0 Å². The van der Waals surface area contributed by atoms with Crippen LogP contribution in [-0.4, -0.2) is 36.4 Å². The highest BCUT2D eigenvalue weighted by atomic mass is 35.5. The molecule has 0 aromatic heterocycles. The van der Waals surface area contributed by atoms with Crippen molar-refractivity contribution in [3.05, 3.63) is 64.7 Å². The SMILES string of the molecule is CCC(C(=O)NC)N(Cc1ccc(Cl)cc1)C(=O)COc1ccc(C(C)C)cc1. The molecule has 0 aliphatic rings. The molecular weight excluding hydrogens is 388 g/mol. The molecule has 2 amide bonds. The summed E-state index contributed by atoms with van der Waals surface area (Å²) in [7, 11) is 1.57. The van der Waals surface area contributed by atoms with Gasteiger partial charge in [-0.3, -0.25) is 9.59 Å². The first-order valence-electron chi connectivity index (χ1n) is 9.84. The van der Waals surface area contributed by atoms with Crippen LogP contribution in [0.15, 0.2) is 48.5 Å². The van der Waals surface area contributed by atoms with Crippen molar-refractivity contribution in [3.63, 3.8) is 0 Å². The molecule has 2 aromatic rings. The predicted octanol–water partition coefficient (Wildman–Crippen LogP) is 4.40. The second-order valence-electron chi connectivity index (χ2n) is 7.20. The minimum absolute atomic E-state index is 0.137. The van der Waals surface area contributed by atoms with Crippen LogP contribution in [0.2, 0.25) is 5.02 Å². The van der Waals surface area contributed by atoms with Crippen LogP contribution in [0.5, 0.6) is 5.75 Å². The van der Waals surface area contributed by atoms with E-state index in [1.807, 2.05) is 43.3 Å². The van der Waals surface area contributed by atoms with Crippen LogP contribution in [0.4, 0.5) is 0 Å². The Kier molecular flexibility index (Phi) is 8.52. The molecule has 1 unspecified atom stereocenters. The average Bonchev–Trinajstić information content (AvgIpc) is 2.73. The maximum atomic E-state index is 13.0. The molecular formula is C23H29ClN2O3. The van der Waals surface area contributed by atoms with Crippen molar-refractivity contribution in [2.24, 2.45) is 0 Å². The van der Waals surface area contributed by atoms with E-state index in [1.165, 1.54) is 5.56 Å². The van der Waals surface area contributed by atoms with E-state index >= 15 is 0 Å². The summed E-state index contributed by atoms with van der Waals surface area (Å²) in [5, 5.41) is 3.27. The summed E-state index contributed by atoms with van der Waals surface area (Å²) in [6.45, 7) is 6.29.